The van der Waals surface area contributed by atoms with Gasteiger partial charge in [0.2, 0.25) is 0 Å². The molecule has 9 heteroatoms. The molecule has 1 fully saturated rings. The Kier molecular flexibility index (Phi) is 9.01. The SMILES string of the molecule is [CH2]CN(CCCCCCCCCC)C[C@H]1O[C@@H](n2cnc3c(N)ncnc32)[C@H](O)[C@@H]1O. The maximum Gasteiger partial charge on any atom is 0.167 e. The Morgan fingerprint density at radius 1 is 1.06 bits per heavy atom. The fourth-order valence-electron chi connectivity index (χ4n) is 4.18. The van der Waals surface area contributed by atoms with Crippen molar-refractivity contribution < 1.29 is 14.9 Å². The Balaban J connectivity index is 1.50. The monoisotopic (exact) mass is 433 g/mol. The van der Waals surface area contributed by atoms with Crippen molar-refractivity contribution in [1.29, 1.82) is 0 Å². The van der Waals surface area contributed by atoms with E-state index in [1.54, 1.807) is 4.57 Å². The van der Waals surface area contributed by atoms with Crippen molar-refractivity contribution in [2.45, 2.75) is 82.8 Å². The second-order valence-electron chi connectivity index (χ2n) is 8.40. The second-order valence-corrected chi connectivity index (χ2v) is 8.40. The number of nitrogens with two attached hydrogens (primary N) is 1. The number of fused-ring (bicyclic) bond motifs is 1. The first kappa shape index (κ1) is 23.8. The number of anilines is 1. The van der Waals surface area contributed by atoms with Crippen molar-refractivity contribution in [3.8, 4) is 0 Å². The van der Waals surface area contributed by atoms with Gasteiger partial charge >= 0.3 is 0 Å². The quantitative estimate of drug-likeness (QED) is 0.411. The van der Waals surface area contributed by atoms with Gasteiger partial charge in [-0.3, -0.25) is 4.57 Å². The number of rotatable bonds is 13. The molecule has 0 saturated carbocycles. The molecule has 173 valence electrons. The first-order valence-electron chi connectivity index (χ1n) is 11.5. The molecule has 0 unspecified atom stereocenters. The minimum Gasteiger partial charge on any atom is -0.387 e. The second kappa shape index (κ2) is 11.7. The molecule has 0 amide bonds. The van der Waals surface area contributed by atoms with Gasteiger partial charge in [0.1, 0.15) is 30.2 Å². The highest BCUT2D eigenvalue weighted by atomic mass is 16.6. The molecule has 0 bridgehead atoms. The zero-order valence-corrected chi connectivity index (χ0v) is 18.6. The lowest BCUT2D eigenvalue weighted by molar-refractivity contribution is -0.0434. The summed E-state index contributed by atoms with van der Waals surface area (Å²) in [6.07, 6.45) is 9.60. The number of imidazole rings is 1. The molecule has 1 aliphatic heterocycles. The van der Waals surface area contributed by atoms with Gasteiger partial charge in [-0.05, 0) is 26.4 Å². The Morgan fingerprint density at radius 2 is 1.77 bits per heavy atom. The zero-order chi connectivity index (χ0) is 22.2. The van der Waals surface area contributed by atoms with Crippen molar-refractivity contribution in [3.05, 3.63) is 19.6 Å². The number of unbranched alkanes of at least 4 members (excludes halogenated alkanes) is 7. The lowest BCUT2D eigenvalue weighted by atomic mass is 10.1. The van der Waals surface area contributed by atoms with Gasteiger partial charge in [0.05, 0.1) is 6.33 Å². The lowest BCUT2D eigenvalue weighted by Crippen LogP contribution is -2.40. The molecule has 1 aliphatic rings. The van der Waals surface area contributed by atoms with E-state index in [1.807, 2.05) is 0 Å². The van der Waals surface area contributed by atoms with Gasteiger partial charge in [0.25, 0.3) is 0 Å². The maximum absolute atomic E-state index is 10.6. The number of aromatic nitrogens is 4. The summed E-state index contributed by atoms with van der Waals surface area (Å²) in [5, 5.41) is 21.2. The summed E-state index contributed by atoms with van der Waals surface area (Å²) >= 11 is 0. The van der Waals surface area contributed by atoms with E-state index in [2.05, 4.69) is 33.7 Å². The van der Waals surface area contributed by atoms with E-state index < -0.39 is 24.5 Å². The van der Waals surface area contributed by atoms with Gasteiger partial charge in [-0.2, -0.15) is 0 Å². The van der Waals surface area contributed by atoms with Crippen molar-refractivity contribution in [2.75, 3.05) is 25.4 Å². The molecule has 2 aromatic heterocycles. The van der Waals surface area contributed by atoms with E-state index in [0.29, 0.717) is 24.3 Å². The number of aliphatic hydroxyl groups excluding tert-OH is 2. The van der Waals surface area contributed by atoms with Crippen LogP contribution < -0.4 is 5.73 Å². The number of hydrogen-bond acceptors (Lipinski definition) is 8. The Labute approximate surface area is 184 Å². The van der Waals surface area contributed by atoms with Crippen LogP contribution in [0.2, 0.25) is 0 Å². The van der Waals surface area contributed by atoms with Crippen LogP contribution in [0.1, 0.15) is 64.5 Å². The molecule has 31 heavy (non-hydrogen) atoms. The molecule has 2 aromatic rings. The summed E-state index contributed by atoms with van der Waals surface area (Å²) < 4.78 is 7.65. The normalized spacial score (nSPS) is 23.9. The van der Waals surface area contributed by atoms with Crippen LogP contribution in [0, 0.1) is 6.92 Å². The number of nitrogen functional groups attached to an aromatic ring is 1. The molecule has 9 nitrogen and oxygen atoms in total. The van der Waals surface area contributed by atoms with Gasteiger partial charge < -0.3 is 25.6 Å². The zero-order valence-electron chi connectivity index (χ0n) is 18.6. The van der Waals surface area contributed by atoms with Gasteiger partial charge in [0.15, 0.2) is 17.7 Å². The molecule has 4 N–H and O–H groups in total. The first-order valence-corrected chi connectivity index (χ1v) is 11.5. The average Bonchev–Trinajstić information content (AvgIpc) is 3.32. The summed E-state index contributed by atoms with van der Waals surface area (Å²) in [6.45, 7) is 8.30. The predicted octanol–water partition coefficient (Wildman–Crippen LogP) is 2.30. The standard InChI is InChI=1S/C22H37N6O3/c1-3-5-6-7-8-9-10-11-12-27(4-2)13-16-18(29)19(30)22(31-16)28-15-26-17-20(23)24-14-25-21(17)28/h14-16,18-19,22,29-30H,2-13H2,1H3,(H2,23,24,25)/t16-,18-,19-,22-/m1/s1. The van der Waals surface area contributed by atoms with Crippen LogP contribution in [0.4, 0.5) is 5.82 Å². The van der Waals surface area contributed by atoms with Gasteiger partial charge in [-0.15, -0.1) is 0 Å². The van der Waals surface area contributed by atoms with Gasteiger partial charge in [0, 0.05) is 6.54 Å². The average molecular weight is 434 g/mol. The van der Waals surface area contributed by atoms with Crippen LogP contribution in [-0.2, 0) is 4.74 Å². The summed E-state index contributed by atoms with van der Waals surface area (Å²) in [5.74, 6) is 0.266. The van der Waals surface area contributed by atoms with Gasteiger partial charge in [-0.1, -0.05) is 51.9 Å². The highest BCUT2D eigenvalue weighted by Crippen LogP contribution is 2.32. The molecule has 1 radical (unpaired) electrons. The minimum absolute atomic E-state index is 0.266. The van der Waals surface area contributed by atoms with Crippen LogP contribution >= 0.6 is 0 Å². The highest BCUT2D eigenvalue weighted by Gasteiger charge is 2.44. The van der Waals surface area contributed by atoms with Crippen molar-refractivity contribution in [1.82, 2.24) is 24.4 Å². The molecule has 0 aliphatic carbocycles. The summed E-state index contributed by atoms with van der Waals surface area (Å²) in [7, 11) is 0. The van der Waals surface area contributed by atoms with E-state index >= 15 is 0 Å². The van der Waals surface area contributed by atoms with E-state index in [9.17, 15) is 10.2 Å². The molecule has 4 atom stereocenters. The van der Waals surface area contributed by atoms with Crippen LogP contribution in [0.15, 0.2) is 12.7 Å². The van der Waals surface area contributed by atoms with Crippen molar-refractivity contribution in [2.24, 2.45) is 0 Å². The van der Waals surface area contributed by atoms with E-state index in [4.69, 9.17) is 10.5 Å². The fourth-order valence-corrected chi connectivity index (χ4v) is 4.18. The largest absolute Gasteiger partial charge is 0.387 e. The Hall–Kier alpha value is -1.81. The Bertz CT molecular complexity index is 801. The lowest BCUT2D eigenvalue weighted by Gasteiger charge is -2.25. The van der Waals surface area contributed by atoms with E-state index in [-0.39, 0.29) is 5.82 Å². The first-order chi connectivity index (χ1) is 15.1. The molecular weight excluding hydrogens is 396 g/mol. The molecule has 0 spiro atoms. The van der Waals surface area contributed by atoms with Gasteiger partial charge in [-0.25, -0.2) is 15.0 Å². The maximum atomic E-state index is 10.6. The molecule has 1 saturated heterocycles. The summed E-state index contributed by atoms with van der Waals surface area (Å²) in [5.41, 5.74) is 6.77. The fraction of sp³-hybridized carbons (Fsp3) is 0.727. The third kappa shape index (κ3) is 5.91. The van der Waals surface area contributed by atoms with Crippen LogP contribution in [0.25, 0.3) is 11.2 Å². The third-order valence-electron chi connectivity index (χ3n) is 6.08. The molecule has 3 heterocycles. The van der Waals surface area contributed by atoms with Crippen molar-refractivity contribution >= 4 is 17.0 Å². The molecular formula is C22H37N6O3. The molecule has 0 aromatic carbocycles. The highest BCUT2D eigenvalue weighted by molar-refractivity contribution is 5.81. The number of nitrogens with zero attached hydrogens (tertiary/aromatic N) is 5. The number of aliphatic hydroxyl groups is 2. The molecule has 3 rings (SSSR count). The number of hydrogen-bond donors (Lipinski definition) is 3. The van der Waals surface area contributed by atoms with Crippen LogP contribution in [-0.4, -0.2) is 72.6 Å². The minimum atomic E-state index is -1.09. The van der Waals surface area contributed by atoms with E-state index in [1.165, 1.54) is 57.6 Å². The topological polar surface area (TPSA) is 123 Å². The van der Waals surface area contributed by atoms with Crippen LogP contribution in [0.3, 0.4) is 0 Å². The third-order valence-corrected chi connectivity index (χ3v) is 6.08. The van der Waals surface area contributed by atoms with E-state index in [0.717, 1.165) is 13.0 Å². The predicted molar refractivity (Wildman–Crippen MR) is 120 cm³/mol. The number of ether oxygens (including phenoxy) is 1. The smallest absolute Gasteiger partial charge is 0.167 e. The Morgan fingerprint density at radius 3 is 2.48 bits per heavy atom. The van der Waals surface area contributed by atoms with Crippen molar-refractivity contribution in [3.63, 3.8) is 0 Å². The summed E-state index contributed by atoms with van der Waals surface area (Å²) in [4.78, 5) is 14.5. The summed E-state index contributed by atoms with van der Waals surface area (Å²) in [6, 6.07) is 0. The van der Waals surface area contributed by atoms with Crippen LogP contribution in [0.5, 0.6) is 0 Å².